The molecule has 1 aliphatic rings. The van der Waals surface area contributed by atoms with E-state index in [-0.39, 0.29) is 6.10 Å². The summed E-state index contributed by atoms with van der Waals surface area (Å²) in [7, 11) is 0. The Kier molecular flexibility index (Phi) is 7.16. The normalized spacial score (nSPS) is 18.3. The SMILES string of the molecule is CCOc1cccc(CNCC2CCN(C[C@@H](C)O)CC2)c1. The van der Waals surface area contributed by atoms with Crippen molar-refractivity contribution in [2.24, 2.45) is 5.92 Å². The molecule has 1 aromatic carbocycles. The molecule has 0 spiro atoms. The van der Waals surface area contributed by atoms with Crippen molar-refractivity contribution < 1.29 is 9.84 Å². The van der Waals surface area contributed by atoms with Gasteiger partial charge in [0.1, 0.15) is 5.75 Å². The Morgan fingerprint density at radius 1 is 1.36 bits per heavy atom. The summed E-state index contributed by atoms with van der Waals surface area (Å²) < 4.78 is 5.53. The number of aliphatic hydroxyl groups is 1. The van der Waals surface area contributed by atoms with Gasteiger partial charge in [-0.2, -0.15) is 0 Å². The van der Waals surface area contributed by atoms with Gasteiger partial charge in [0.2, 0.25) is 0 Å². The molecule has 2 N–H and O–H groups in total. The first-order chi connectivity index (χ1) is 10.7. The predicted octanol–water partition coefficient (Wildman–Crippen LogP) is 2.27. The van der Waals surface area contributed by atoms with Crippen molar-refractivity contribution in [3.05, 3.63) is 29.8 Å². The van der Waals surface area contributed by atoms with Crippen LogP contribution in [0, 0.1) is 5.92 Å². The molecule has 4 heteroatoms. The lowest BCUT2D eigenvalue weighted by atomic mass is 9.96. The molecule has 4 nitrogen and oxygen atoms in total. The molecule has 0 bridgehead atoms. The van der Waals surface area contributed by atoms with Crippen LogP contribution in [0.2, 0.25) is 0 Å². The van der Waals surface area contributed by atoms with Gasteiger partial charge in [-0.15, -0.1) is 0 Å². The Bertz CT molecular complexity index is 429. The quantitative estimate of drug-likeness (QED) is 0.773. The van der Waals surface area contributed by atoms with Gasteiger partial charge in [-0.3, -0.25) is 0 Å². The third kappa shape index (κ3) is 5.95. The minimum atomic E-state index is -0.215. The van der Waals surface area contributed by atoms with E-state index >= 15 is 0 Å². The smallest absolute Gasteiger partial charge is 0.119 e. The van der Waals surface area contributed by atoms with Crippen LogP contribution in [-0.4, -0.2) is 48.9 Å². The van der Waals surface area contributed by atoms with Crippen molar-refractivity contribution in [1.29, 1.82) is 0 Å². The Morgan fingerprint density at radius 3 is 2.82 bits per heavy atom. The first-order valence-electron chi connectivity index (χ1n) is 8.50. The number of ether oxygens (including phenoxy) is 1. The highest BCUT2D eigenvalue weighted by atomic mass is 16.5. The van der Waals surface area contributed by atoms with Gasteiger partial charge in [-0.25, -0.2) is 0 Å². The van der Waals surface area contributed by atoms with E-state index in [0.717, 1.165) is 44.4 Å². The molecule has 1 heterocycles. The number of β-amino-alcohol motifs (C(OH)–C–C–N with tert-alkyl or cyclic N) is 1. The predicted molar refractivity (Wildman–Crippen MR) is 90.2 cm³/mol. The highest BCUT2D eigenvalue weighted by Gasteiger charge is 2.19. The van der Waals surface area contributed by atoms with Crippen molar-refractivity contribution >= 4 is 0 Å². The van der Waals surface area contributed by atoms with Crippen LogP contribution in [0.3, 0.4) is 0 Å². The molecule has 0 amide bonds. The minimum Gasteiger partial charge on any atom is -0.494 e. The lowest BCUT2D eigenvalue weighted by Gasteiger charge is -2.32. The van der Waals surface area contributed by atoms with Crippen molar-refractivity contribution in [1.82, 2.24) is 10.2 Å². The van der Waals surface area contributed by atoms with Crippen LogP contribution in [0.1, 0.15) is 32.3 Å². The van der Waals surface area contributed by atoms with E-state index < -0.39 is 0 Å². The summed E-state index contributed by atoms with van der Waals surface area (Å²) in [4.78, 5) is 2.37. The largest absolute Gasteiger partial charge is 0.494 e. The number of benzene rings is 1. The maximum absolute atomic E-state index is 9.43. The molecule has 0 saturated carbocycles. The standard InChI is InChI=1S/C18H30N2O2/c1-3-22-18-6-4-5-17(11-18)13-19-12-16-7-9-20(10-8-16)14-15(2)21/h4-6,11,15-16,19,21H,3,7-10,12-14H2,1-2H3/t15-/m1/s1. The van der Waals surface area contributed by atoms with Crippen LogP contribution in [0.5, 0.6) is 5.75 Å². The number of aliphatic hydroxyl groups excluding tert-OH is 1. The number of rotatable bonds is 8. The molecule has 1 aliphatic heterocycles. The number of nitrogens with one attached hydrogen (secondary N) is 1. The summed E-state index contributed by atoms with van der Waals surface area (Å²) in [6.07, 6.45) is 2.23. The van der Waals surface area contributed by atoms with Gasteiger partial charge in [0.15, 0.2) is 0 Å². The summed E-state index contributed by atoms with van der Waals surface area (Å²) >= 11 is 0. The molecule has 0 radical (unpaired) electrons. The average molecular weight is 306 g/mol. The van der Waals surface area contributed by atoms with Crippen LogP contribution < -0.4 is 10.1 Å². The summed E-state index contributed by atoms with van der Waals surface area (Å²) in [6.45, 7) is 9.58. The summed E-state index contributed by atoms with van der Waals surface area (Å²) in [5.74, 6) is 1.70. The molecule has 124 valence electrons. The second kappa shape index (κ2) is 9.13. The average Bonchev–Trinajstić information content (AvgIpc) is 2.49. The first-order valence-corrected chi connectivity index (χ1v) is 8.50. The first kappa shape index (κ1) is 17.3. The molecule has 0 aromatic heterocycles. The van der Waals surface area contributed by atoms with E-state index in [9.17, 15) is 5.11 Å². The fraction of sp³-hybridized carbons (Fsp3) is 0.667. The summed E-state index contributed by atoms with van der Waals surface area (Å²) in [6, 6.07) is 8.31. The van der Waals surface area contributed by atoms with E-state index in [2.05, 4.69) is 28.4 Å². The van der Waals surface area contributed by atoms with Gasteiger partial charge in [0, 0.05) is 13.1 Å². The molecule has 1 saturated heterocycles. The topological polar surface area (TPSA) is 44.7 Å². The van der Waals surface area contributed by atoms with Crippen LogP contribution >= 0.6 is 0 Å². The van der Waals surface area contributed by atoms with E-state index in [1.54, 1.807) is 0 Å². The van der Waals surface area contributed by atoms with Gasteiger partial charge in [-0.05, 0) is 69.9 Å². The lowest BCUT2D eigenvalue weighted by Crippen LogP contribution is -2.40. The molecule has 22 heavy (non-hydrogen) atoms. The van der Waals surface area contributed by atoms with Crippen molar-refractivity contribution in [2.75, 3.05) is 32.8 Å². The zero-order valence-corrected chi connectivity index (χ0v) is 13.9. The van der Waals surface area contributed by atoms with Crippen LogP contribution in [0.4, 0.5) is 0 Å². The monoisotopic (exact) mass is 306 g/mol. The molecule has 2 rings (SSSR count). The fourth-order valence-electron chi connectivity index (χ4n) is 3.08. The number of nitrogens with zero attached hydrogens (tertiary/aromatic N) is 1. The Hall–Kier alpha value is -1.10. The van der Waals surface area contributed by atoms with Crippen LogP contribution in [0.25, 0.3) is 0 Å². The molecule has 1 fully saturated rings. The van der Waals surface area contributed by atoms with Crippen LogP contribution in [0.15, 0.2) is 24.3 Å². The number of likely N-dealkylation sites (tertiary alicyclic amines) is 1. The summed E-state index contributed by atoms with van der Waals surface area (Å²) in [5, 5.41) is 13.0. The zero-order valence-electron chi connectivity index (χ0n) is 13.9. The van der Waals surface area contributed by atoms with E-state index in [1.165, 1.54) is 18.4 Å². The van der Waals surface area contributed by atoms with Gasteiger partial charge >= 0.3 is 0 Å². The van der Waals surface area contributed by atoms with Crippen molar-refractivity contribution in [3.63, 3.8) is 0 Å². The second-order valence-corrected chi connectivity index (χ2v) is 6.30. The maximum atomic E-state index is 9.43. The van der Waals surface area contributed by atoms with Crippen molar-refractivity contribution in [2.45, 2.75) is 39.3 Å². The Morgan fingerprint density at radius 2 is 2.14 bits per heavy atom. The molecule has 0 unspecified atom stereocenters. The molecular weight excluding hydrogens is 276 g/mol. The van der Waals surface area contributed by atoms with Gasteiger partial charge in [0.05, 0.1) is 12.7 Å². The number of piperidine rings is 1. The van der Waals surface area contributed by atoms with E-state index in [1.807, 2.05) is 19.9 Å². The Balaban J connectivity index is 1.66. The molecule has 1 aromatic rings. The third-order valence-electron chi connectivity index (χ3n) is 4.20. The Labute approximate surface area is 134 Å². The highest BCUT2D eigenvalue weighted by Crippen LogP contribution is 2.17. The van der Waals surface area contributed by atoms with Crippen molar-refractivity contribution in [3.8, 4) is 5.75 Å². The van der Waals surface area contributed by atoms with Crippen LogP contribution in [-0.2, 0) is 6.54 Å². The van der Waals surface area contributed by atoms with E-state index in [0.29, 0.717) is 6.61 Å². The number of hydrogen-bond donors (Lipinski definition) is 2. The maximum Gasteiger partial charge on any atom is 0.119 e. The molecule has 1 atom stereocenters. The molecule has 0 aliphatic carbocycles. The summed E-state index contributed by atoms with van der Waals surface area (Å²) in [5.41, 5.74) is 1.28. The second-order valence-electron chi connectivity index (χ2n) is 6.30. The minimum absolute atomic E-state index is 0.215. The fourth-order valence-corrected chi connectivity index (χ4v) is 3.08. The van der Waals surface area contributed by atoms with Gasteiger partial charge in [-0.1, -0.05) is 12.1 Å². The van der Waals surface area contributed by atoms with Gasteiger partial charge < -0.3 is 20.1 Å². The lowest BCUT2D eigenvalue weighted by molar-refractivity contribution is 0.0998. The van der Waals surface area contributed by atoms with E-state index in [4.69, 9.17) is 4.74 Å². The zero-order chi connectivity index (χ0) is 15.8. The third-order valence-corrected chi connectivity index (χ3v) is 4.20. The number of hydrogen-bond acceptors (Lipinski definition) is 4. The highest BCUT2D eigenvalue weighted by molar-refractivity contribution is 5.28. The molecular formula is C18H30N2O2. The van der Waals surface area contributed by atoms with Gasteiger partial charge in [0.25, 0.3) is 0 Å².